The van der Waals surface area contributed by atoms with Crippen molar-refractivity contribution in [3.05, 3.63) is 34.9 Å². The zero-order chi connectivity index (χ0) is 16.0. The Morgan fingerprint density at radius 1 is 1.24 bits per heavy atom. The molecular weight excluding hydrogens is 254 g/mol. The first-order valence-electron chi connectivity index (χ1n) is 8.57. The minimum atomic E-state index is 0.668. The lowest BCUT2D eigenvalue weighted by atomic mass is 9.82. The van der Waals surface area contributed by atoms with Gasteiger partial charge in [0.2, 0.25) is 0 Å². The third kappa shape index (κ3) is 4.91. The maximum atomic E-state index is 6.04. The van der Waals surface area contributed by atoms with Gasteiger partial charge in [-0.3, -0.25) is 0 Å². The first-order valence-corrected chi connectivity index (χ1v) is 8.57. The highest BCUT2D eigenvalue weighted by molar-refractivity contribution is 5.73. The van der Waals surface area contributed by atoms with Crippen LogP contribution in [-0.4, -0.2) is 0 Å². The van der Waals surface area contributed by atoms with Crippen LogP contribution in [-0.2, 0) is 6.42 Å². The van der Waals surface area contributed by atoms with Gasteiger partial charge in [-0.25, -0.2) is 0 Å². The molecule has 0 aromatic heterocycles. The van der Waals surface area contributed by atoms with Crippen molar-refractivity contribution in [3.63, 3.8) is 0 Å². The number of aryl methyl sites for hydroxylation is 1. The molecule has 1 nitrogen and oxygen atoms in total. The van der Waals surface area contributed by atoms with Crippen molar-refractivity contribution in [2.75, 3.05) is 5.73 Å². The Morgan fingerprint density at radius 2 is 1.90 bits per heavy atom. The maximum absolute atomic E-state index is 6.04. The first-order chi connectivity index (χ1) is 9.97. The molecule has 0 bridgehead atoms. The first kappa shape index (κ1) is 17.8. The Morgan fingerprint density at radius 3 is 2.48 bits per heavy atom. The molecule has 1 aliphatic rings. The maximum Gasteiger partial charge on any atom is 0.0319 e. The summed E-state index contributed by atoms with van der Waals surface area (Å²) in [6, 6.07) is 4.31. The van der Waals surface area contributed by atoms with Gasteiger partial charge in [-0.1, -0.05) is 40.7 Å². The summed E-state index contributed by atoms with van der Waals surface area (Å²) in [4.78, 5) is 0. The van der Waals surface area contributed by atoms with E-state index in [1.54, 1.807) is 5.57 Å². The Hall–Kier alpha value is -1.24. The molecule has 2 rings (SSSR count). The summed E-state index contributed by atoms with van der Waals surface area (Å²) >= 11 is 0. The summed E-state index contributed by atoms with van der Waals surface area (Å²) in [5, 5.41) is 0. The van der Waals surface area contributed by atoms with E-state index in [9.17, 15) is 0 Å². The summed E-state index contributed by atoms with van der Waals surface area (Å²) in [5.41, 5.74) is 12.8. The second-order valence-electron chi connectivity index (χ2n) is 6.53. The van der Waals surface area contributed by atoms with E-state index in [1.165, 1.54) is 36.0 Å². The molecule has 0 radical (unpaired) electrons. The molecule has 1 unspecified atom stereocenters. The van der Waals surface area contributed by atoms with Gasteiger partial charge in [-0.05, 0) is 78.8 Å². The third-order valence-electron chi connectivity index (χ3n) is 3.98. The Balaban J connectivity index is 0.00000106. The molecule has 1 aliphatic carbocycles. The van der Waals surface area contributed by atoms with Gasteiger partial charge in [0.25, 0.3) is 0 Å². The van der Waals surface area contributed by atoms with Crippen molar-refractivity contribution >= 4 is 11.3 Å². The van der Waals surface area contributed by atoms with Gasteiger partial charge >= 0.3 is 0 Å². The molecule has 0 heterocycles. The smallest absolute Gasteiger partial charge is 0.0319 e. The third-order valence-corrected chi connectivity index (χ3v) is 3.98. The predicted molar refractivity (Wildman–Crippen MR) is 96.5 cm³/mol. The van der Waals surface area contributed by atoms with Crippen molar-refractivity contribution in [1.29, 1.82) is 0 Å². The molecule has 118 valence electrons. The highest BCUT2D eigenvalue weighted by Gasteiger charge is 2.17. The Labute approximate surface area is 131 Å². The fraction of sp³-hybridized carbons (Fsp3) is 0.600. The van der Waals surface area contributed by atoms with Gasteiger partial charge < -0.3 is 5.73 Å². The molecule has 1 aromatic rings. The van der Waals surface area contributed by atoms with E-state index in [-0.39, 0.29) is 0 Å². The van der Waals surface area contributed by atoms with Crippen LogP contribution in [0, 0.1) is 18.8 Å². The van der Waals surface area contributed by atoms with Crippen LogP contribution in [0.3, 0.4) is 0 Å². The number of rotatable bonds is 3. The van der Waals surface area contributed by atoms with Crippen LogP contribution in [0.2, 0.25) is 0 Å². The van der Waals surface area contributed by atoms with Crippen LogP contribution in [0.15, 0.2) is 18.2 Å². The number of nitrogens with two attached hydrogens (primary N) is 1. The van der Waals surface area contributed by atoms with Crippen molar-refractivity contribution in [1.82, 2.24) is 0 Å². The average molecular weight is 287 g/mol. The van der Waals surface area contributed by atoms with Gasteiger partial charge in [0.15, 0.2) is 0 Å². The second-order valence-corrected chi connectivity index (χ2v) is 6.53. The van der Waals surface area contributed by atoms with Crippen molar-refractivity contribution in [2.24, 2.45) is 11.8 Å². The van der Waals surface area contributed by atoms with E-state index in [0.717, 1.165) is 12.1 Å². The zero-order valence-corrected chi connectivity index (χ0v) is 14.8. The SMILES string of the molecule is CC.Cc1cc(N)cc(CC(C)C)c1C1=CC(C)CCC1. The molecule has 0 spiro atoms. The van der Waals surface area contributed by atoms with Crippen molar-refractivity contribution in [3.8, 4) is 0 Å². The fourth-order valence-corrected chi connectivity index (χ4v) is 3.28. The molecule has 0 aliphatic heterocycles. The quantitative estimate of drug-likeness (QED) is 0.677. The highest BCUT2D eigenvalue weighted by Crippen LogP contribution is 2.35. The zero-order valence-electron chi connectivity index (χ0n) is 14.8. The molecule has 21 heavy (non-hydrogen) atoms. The number of benzene rings is 1. The lowest BCUT2D eigenvalue weighted by molar-refractivity contribution is 0.591. The fourth-order valence-electron chi connectivity index (χ4n) is 3.28. The Bertz CT molecular complexity index is 483. The molecule has 0 fully saturated rings. The van der Waals surface area contributed by atoms with E-state index < -0.39 is 0 Å². The minimum Gasteiger partial charge on any atom is -0.399 e. The molecule has 0 saturated heterocycles. The van der Waals surface area contributed by atoms with E-state index in [0.29, 0.717) is 11.8 Å². The molecule has 1 heteroatoms. The molecule has 1 atom stereocenters. The summed E-state index contributed by atoms with van der Waals surface area (Å²) in [7, 11) is 0. The summed E-state index contributed by atoms with van der Waals surface area (Å²) < 4.78 is 0. The summed E-state index contributed by atoms with van der Waals surface area (Å²) in [5.74, 6) is 1.38. The number of anilines is 1. The summed E-state index contributed by atoms with van der Waals surface area (Å²) in [6.07, 6.45) is 7.47. The molecule has 0 saturated carbocycles. The van der Waals surface area contributed by atoms with Crippen LogP contribution in [0.1, 0.15) is 70.6 Å². The van der Waals surface area contributed by atoms with E-state index in [2.05, 4.69) is 45.9 Å². The molecular formula is C20H33N. The molecule has 2 N–H and O–H groups in total. The lowest BCUT2D eigenvalue weighted by Crippen LogP contribution is -2.07. The summed E-state index contributed by atoms with van der Waals surface area (Å²) in [6.45, 7) is 13.1. The van der Waals surface area contributed by atoms with Crippen LogP contribution in [0.25, 0.3) is 5.57 Å². The van der Waals surface area contributed by atoms with Gasteiger partial charge in [0.1, 0.15) is 0 Å². The number of nitrogen functional groups attached to an aromatic ring is 1. The van der Waals surface area contributed by atoms with Crippen molar-refractivity contribution < 1.29 is 0 Å². The van der Waals surface area contributed by atoms with Gasteiger partial charge in [-0.2, -0.15) is 0 Å². The average Bonchev–Trinajstić information content (AvgIpc) is 2.39. The van der Waals surface area contributed by atoms with E-state index in [1.807, 2.05) is 13.8 Å². The normalized spacial score (nSPS) is 18.0. The predicted octanol–water partition coefficient (Wildman–Crippen LogP) is 6.01. The standard InChI is InChI=1S/C18H27N.C2H6/c1-12(2)8-16-11-17(19)10-14(4)18(16)15-7-5-6-13(3)9-15;1-2/h9-13H,5-8,19H2,1-4H3;1-2H3. The molecule has 1 aromatic carbocycles. The van der Waals surface area contributed by atoms with Crippen LogP contribution < -0.4 is 5.73 Å². The highest BCUT2D eigenvalue weighted by atomic mass is 14.5. The van der Waals surface area contributed by atoms with Gasteiger partial charge in [0, 0.05) is 5.69 Å². The number of allylic oxidation sites excluding steroid dienone is 2. The van der Waals surface area contributed by atoms with Crippen molar-refractivity contribution in [2.45, 2.75) is 67.2 Å². The van der Waals surface area contributed by atoms with Crippen LogP contribution in [0.5, 0.6) is 0 Å². The largest absolute Gasteiger partial charge is 0.399 e. The Kier molecular flexibility index (Phi) is 7.01. The lowest BCUT2D eigenvalue weighted by Gasteiger charge is -2.23. The second kappa shape index (κ2) is 8.26. The van der Waals surface area contributed by atoms with Crippen LogP contribution >= 0.6 is 0 Å². The molecule has 0 amide bonds. The van der Waals surface area contributed by atoms with Gasteiger partial charge in [-0.15, -0.1) is 0 Å². The monoisotopic (exact) mass is 287 g/mol. The van der Waals surface area contributed by atoms with Gasteiger partial charge in [0.05, 0.1) is 0 Å². The van der Waals surface area contributed by atoms with E-state index in [4.69, 9.17) is 5.73 Å². The topological polar surface area (TPSA) is 26.0 Å². The van der Waals surface area contributed by atoms with E-state index >= 15 is 0 Å². The van der Waals surface area contributed by atoms with Crippen LogP contribution in [0.4, 0.5) is 5.69 Å². The minimum absolute atomic E-state index is 0.668. The number of hydrogen-bond donors (Lipinski definition) is 1. The number of hydrogen-bond acceptors (Lipinski definition) is 1.